The number of fused-ring (bicyclic) bond motifs is 1. The molecular weight excluding hydrogens is 348 g/mol. The largest absolute Gasteiger partial charge is 0.387 e. The van der Waals surface area contributed by atoms with Crippen molar-refractivity contribution >= 4 is 15.7 Å². The van der Waals surface area contributed by atoms with Gasteiger partial charge in [-0.25, -0.2) is 13.1 Å². The summed E-state index contributed by atoms with van der Waals surface area (Å²) in [4.78, 5) is 2.44. The van der Waals surface area contributed by atoms with Crippen LogP contribution in [0.5, 0.6) is 0 Å². The number of rotatable bonds is 5. The molecule has 1 heterocycles. The summed E-state index contributed by atoms with van der Waals surface area (Å²) in [6.45, 7) is 6.55. The van der Waals surface area contributed by atoms with E-state index in [1.54, 1.807) is 13.0 Å². The molecule has 2 N–H and O–H groups in total. The van der Waals surface area contributed by atoms with Crippen LogP contribution in [0.3, 0.4) is 0 Å². The van der Waals surface area contributed by atoms with E-state index < -0.39 is 16.1 Å². The standard InChI is InChI=1S/C20H26N2O3S/c1-13-9-15(3)20(10-14(13)2)26(24,25)21-12-19(23)17-5-6-18-16(11-17)7-8-22(18)4/h5-6,9-11,19,21,23H,7-8,12H2,1-4H3. The topological polar surface area (TPSA) is 69.6 Å². The molecule has 0 saturated carbocycles. The fraction of sp³-hybridized carbons (Fsp3) is 0.400. The van der Waals surface area contributed by atoms with Crippen LogP contribution in [0, 0.1) is 20.8 Å². The number of hydrogen-bond donors (Lipinski definition) is 2. The van der Waals surface area contributed by atoms with Crippen molar-refractivity contribution in [3.8, 4) is 0 Å². The minimum Gasteiger partial charge on any atom is -0.387 e. The van der Waals surface area contributed by atoms with Crippen LogP contribution in [0.4, 0.5) is 5.69 Å². The Morgan fingerprint density at radius 3 is 2.54 bits per heavy atom. The Labute approximate surface area is 155 Å². The Balaban J connectivity index is 1.75. The van der Waals surface area contributed by atoms with E-state index in [9.17, 15) is 13.5 Å². The second kappa shape index (κ2) is 7.02. The smallest absolute Gasteiger partial charge is 0.240 e. The van der Waals surface area contributed by atoms with Gasteiger partial charge >= 0.3 is 0 Å². The van der Waals surface area contributed by atoms with Crippen LogP contribution in [-0.2, 0) is 16.4 Å². The van der Waals surface area contributed by atoms with Crippen LogP contribution in [0.25, 0.3) is 0 Å². The van der Waals surface area contributed by atoms with Crippen LogP contribution in [0.2, 0.25) is 0 Å². The monoisotopic (exact) mass is 374 g/mol. The number of anilines is 1. The van der Waals surface area contributed by atoms with Gasteiger partial charge in [0.15, 0.2) is 0 Å². The Hall–Kier alpha value is -1.89. The Morgan fingerprint density at radius 2 is 1.81 bits per heavy atom. The van der Waals surface area contributed by atoms with Crippen molar-refractivity contribution in [2.45, 2.75) is 38.2 Å². The van der Waals surface area contributed by atoms with Crippen LogP contribution in [0.15, 0.2) is 35.2 Å². The molecule has 0 fully saturated rings. The lowest BCUT2D eigenvalue weighted by Gasteiger charge is -2.16. The summed E-state index contributed by atoms with van der Waals surface area (Å²) in [7, 11) is -1.63. The first kappa shape index (κ1) is 18.9. The molecule has 0 bridgehead atoms. The van der Waals surface area contributed by atoms with Crippen LogP contribution in [0.1, 0.15) is 33.9 Å². The maximum absolute atomic E-state index is 12.7. The van der Waals surface area contributed by atoms with Gasteiger partial charge in [-0.1, -0.05) is 18.2 Å². The third-order valence-electron chi connectivity index (χ3n) is 5.16. The highest BCUT2D eigenvalue weighted by molar-refractivity contribution is 7.89. The average molecular weight is 375 g/mol. The molecule has 1 aliphatic heterocycles. The maximum Gasteiger partial charge on any atom is 0.240 e. The third-order valence-corrected chi connectivity index (χ3v) is 6.73. The summed E-state index contributed by atoms with van der Waals surface area (Å²) in [6.07, 6.45) is 0.0628. The minimum absolute atomic E-state index is 0.0523. The molecule has 1 unspecified atom stereocenters. The minimum atomic E-state index is -3.67. The number of aliphatic hydroxyl groups excluding tert-OH is 1. The first-order chi connectivity index (χ1) is 12.2. The quantitative estimate of drug-likeness (QED) is 0.844. The molecule has 2 aromatic rings. The molecule has 0 aromatic heterocycles. The molecule has 0 amide bonds. The van der Waals surface area contributed by atoms with Crippen LogP contribution >= 0.6 is 0 Å². The first-order valence-corrected chi connectivity index (χ1v) is 10.3. The molecule has 0 saturated heterocycles. The number of aliphatic hydroxyl groups is 1. The van der Waals surface area contributed by atoms with Gasteiger partial charge in [0.05, 0.1) is 11.0 Å². The number of aryl methyl sites for hydroxylation is 3. The van der Waals surface area contributed by atoms with E-state index in [1.165, 1.54) is 11.3 Å². The molecule has 2 aromatic carbocycles. The lowest BCUT2D eigenvalue weighted by atomic mass is 10.0. The Kier molecular flexibility index (Phi) is 5.10. The zero-order chi connectivity index (χ0) is 19.1. The van der Waals surface area contributed by atoms with Gasteiger partial charge in [-0.2, -0.15) is 0 Å². The van der Waals surface area contributed by atoms with E-state index >= 15 is 0 Å². The average Bonchev–Trinajstić information content (AvgIpc) is 2.96. The normalized spacial score (nSPS) is 15.2. The molecular formula is C20H26N2O3S. The van der Waals surface area contributed by atoms with E-state index in [1.807, 2.05) is 45.2 Å². The number of nitrogens with one attached hydrogen (secondary N) is 1. The number of benzene rings is 2. The predicted octanol–water partition coefficient (Wildman–Crippen LogP) is 2.62. The summed E-state index contributed by atoms with van der Waals surface area (Å²) < 4.78 is 27.9. The van der Waals surface area contributed by atoms with Crippen molar-refractivity contribution in [3.05, 3.63) is 58.1 Å². The fourth-order valence-corrected chi connectivity index (χ4v) is 4.75. The molecule has 1 atom stereocenters. The van der Waals surface area contributed by atoms with Gasteiger partial charge < -0.3 is 10.0 Å². The molecule has 1 aliphatic rings. The van der Waals surface area contributed by atoms with Crippen molar-refractivity contribution in [2.75, 3.05) is 25.0 Å². The Morgan fingerprint density at radius 1 is 1.12 bits per heavy atom. The van der Waals surface area contributed by atoms with Gasteiger partial charge in [0, 0.05) is 25.8 Å². The number of sulfonamides is 1. The third kappa shape index (κ3) is 3.63. The molecule has 6 heteroatoms. The van der Waals surface area contributed by atoms with E-state index in [0.29, 0.717) is 5.56 Å². The lowest BCUT2D eigenvalue weighted by Crippen LogP contribution is -2.29. The van der Waals surface area contributed by atoms with Crippen molar-refractivity contribution in [1.82, 2.24) is 4.72 Å². The number of hydrogen-bond acceptors (Lipinski definition) is 4. The van der Waals surface area contributed by atoms with Crippen molar-refractivity contribution in [3.63, 3.8) is 0 Å². The molecule has 3 rings (SSSR count). The van der Waals surface area contributed by atoms with Gasteiger partial charge in [-0.05, 0) is 67.1 Å². The highest BCUT2D eigenvalue weighted by Gasteiger charge is 2.21. The van der Waals surface area contributed by atoms with Crippen molar-refractivity contribution < 1.29 is 13.5 Å². The van der Waals surface area contributed by atoms with E-state index in [-0.39, 0.29) is 11.4 Å². The lowest BCUT2D eigenvalue weighted by molar-refractivity contribution is 0.182. The zero-order valence-corrected chi connectivity index (χ0v) is 16.5. The van der Waals surface area contributed by atoms with E-state index in [4.69, 9.17) is 0 Å². The van der Waals surface area contributed by atoms with Gasteiger partial charge in [-0.15, -0.1) is 0 Å². The molecule has 140 valence electrons. The van der Waals surface area contributed by atoms with E-state index in [2.05, 4.69) is 9.62 Å². The van der Waals surface area contributed by atoms with Gasteiger partial charge in [0.1, 0.15) is 0 Å². The molecule has 0 radical (unpaired) electrons. The number of likely N-dealkylation sites (N-methyl/N-ethyl adjacent to an activating group) is 1. The number of nitrogens with zero attached hydrogens (tertiary/aromatic N) is 1. The van der Waals surface area contributed by atoms with Gasteiger partial charge in [-0.3, -0.25) is 0 Å². The second-order valence-corrected chi connectivity index (χ2v) is 8.86. The molecule has 0 aliphatic carbocycles. The summed E-state index contributed by atoms with van der Waals surface area (Å²) in [5, 5.41) is 10.5. The van der Waals surface area contributed by atoms with Crippen LogP contribution < -0.4 is 9.62 Å². The Bertz CT molecular complexity index is 938. The van der Waals surface area contributed by atoms with Crippen molar-refractivity contribution in [2.24, 2.45) is 0 Å². The molecule has 5 nitrogen and oxygen atoms in total. The van der Waals surface area contributed by atoms with Gasteiger partial charge in [0.2, 0.25) is 10.0 Å². The predicted molar refractivity (Wildman–Crippen MR) is 104 cm³/mol. The summed E-state index contributed by atoms with van der Waals surface area (Å²) in [5.41, 5.74) is 5.79. The van der Waals surface area contributed by atoms with E-state index in [0.717, 1.165) is 29.7 Å². The first-order valence-electron chi connectivity index (χ1n) is 8.78. The summed E-state index contributed by atoms with van der Waals surface area (Å²) in [6, 6.07) is 9.38. The zero-order valence-electron chi connectivity index (χ0n) is 15.7. The summed E-state index contributed by atoms with van der Waals surface area (Å²) in [5.74, 6) is 0. The van der Waals surface area contributed by atoms with Crippen molar-refractivity contribution in [1.29, 1.82) is 0 Å². The SMILES string of the molecule is Cc1cc(C)c(S(=O)(=O)NCC(O)c2ccc3c(c2)CCN3C)cc1C. The van der Waals surface area contributed by atoms with Crippen LogP contribution in [-0.4, -0.2) is 33.7 Å². The summed E-state index contributed by atoms with van der Waals surface area (Å²) >= 11 is 0. The van der Waals surface area contributed by atoms with Gasteiger partial charge in [0.25, 0.3) is 0 Å². The maximum atomic E-state index is 12.7. The fourth-order valence-electron chi connectivity index (χ4n) is 3.40. The highest BCUT2D eigenvalue weighted by Crippen LogP contribution is 2.29. The molecule has 0 spiro atoms. The molecule has 26 heavy (non-hydrogen) atoms. The highest BCUT2D eigenvalue weighted by atomic mass is 32.2. The second-order valence-electron chi connectivity index (χ2n) is 7.13.